The average molecular weight is 327 g/mol. The first-order chi connectivity index (χ1) is 11.2. The van der Waals surface area contributed by atoms with Gasteiger partial charge in [-0.25, -0.2) is 0 Å². The number of aromatic nitrogens is 4. The van der Waals surface area contributed by atoms with E-state index < -0.39 is 0 Å². The molecule has 6 heteroatoms. The van der Waals surface area contributed by atoms with Crippen molar-refractivity contribution in [2.75, 3.05) is 11.9 Å². The third-order valence-corrected chi connectivity index (χ3v) is 4.65. The topological polar surface area (TPSA) is 58.9 Å². The number of piperidine rings is 1. The highest BCUT2D eigenvalue weighted by Crippen LogP contribution is 2.35. The zero-order valence-electron chi connectivity index (χ0n) is 15.5. The molecule has 129 valence electrons. The molecule has 6 nitrogen and oxygen atoms in total. The largest absolute Gasteiger partial charge is 0.355 e. The number of hydrogen-bond acceptors (Lipinski definition) is 5. The molecule has 0 amide bonds. The summed E-state index contributed by atoms with van der Waals surface area (Å²) >= 11 is 0. The summed E-state index contributed by atoms with van der Waals surface area (Å²) in [5.74, 6) is 0.867. The highest BCUT2D eigenvalue weighted by atomic mass is 15.3. The van der Waals surface area contributed by atoms with Crippen LogP contribution in [0.3, 0.4) is 0 Å². The second-order valence-corrected chi connectivity index (χ2v) is 8.13. The van der Waals surface area contributed by atoms with Crippen LogP contribution in [0.2, 0.25) is 0 Å². The predicted octanol–water partition coefficient (Wildman–Crippen LogP) is 2.42. The number of nitrogens with zero attached hydrogens (tertiary/aromatic N) is 5. The Bertz CT molecular complexity index is 702. The van der Waals surface area contributed by atoms with E-state index in [9.17, 15) is 0 Å². The minimum absolute atomic E-state index is 0.0835. The van der Waals surface area contributed by atoms with Crippen LogP contribution in [0.1, 0.15) is 40.5 Å². The van der Waals surface area contributed by atoms with E-state index >= 15 is 0 Å². The maximum Gasteiger partial charge on any atom is 0.160 e. The number of anilines is 1. The molecule has 0 aliphatic carbocycles. The van der Waals surface area contributed by atoms with Crippen LogP contribution in [0.5, 0.6) is 0 Å². The highest BCUT2D eigenvalue weighted by molar-refractivity contribution is 5.72. The predicted molar refractivity (Wildman–Crippen MR) is 95.8 cm³/mol. The van der Waals surface area contributed by atoms with Gasteiger partial charge in [0.2, 0.25) is 0 Å². The van der Waals surface area contributed by atoms with Gasteiger partial charge in [0, 0.05) is 49.0 Å². The maximum atomic E-state index is 4.48. The summed E-state index contributed by atoms with van der Waals surface area (Å²) in [6.45, 7) is 9.05. The molecule has 0 unspecified atom stereocenters. The van der Waals surface area contributed by atoms with Gasteiger partial charge in [-0.15, -0.1) is 5.10 Å². The van der Waals surface area contributed by atoms with Crippen LogP contribution >= 0.6 is 0 Å². The lowest BCUT2D eigenvalue weighted by Gasteiger charge is -2.49. The fourth-order valence-electron chi connectivity index (χ4n) is 3.99. The van der Waals surface area contributed by atoms with Crippen molar-refractivity contribution in [1.82, 2.24) is 25.3 Å². The number of rotatable bonds is 3. The Morgan fingerprint density at radius 3 is 2.50 bits per heavy atom. The van der Waals surface area contributed by atoms with Gasteiger partial charge in [-0.3, -0.25) is 4.68 Å². The van der Waals surface area contributed by atoms with Gasteiger partial charge in [-0.2, -0.15) is 10.2 Å². The third kappa shape index (κ3) is 3.43. The molecule has 1 saturated heterocycles. The highest BCUT2D eigenvalue weighted by Gasteiger charge is 2.39. The van der Waals surface area contributed by atoms with E-state index in [2.05, 4.69) is 66.3 Å². The van der Waals surface area contributed by atoms with Crippen LogP contribution in [0.4, 0.5) is 5.82 Å². The Hall–Kier alpha value is -1.95. The van der Waals surface area contributed by atoms with Gasteiger partial charge in [-0.1, -0.05) is 0 Å². The van der Waals surface area contributed by atoms with Crippen LogP contribution < -0.4 is 10.2 Å². The van der Waals surface area contributed by atoms with Crippen LogP contribution in [-0.4, -0.2) is 44.1 Å². The van der Waals surface area contributed by atoms with E-state index in [-0.39, 0.29) is 11.1 Å². The Balaban J connectivity index is 1.94. The summed E-state index contributed by atoms with van der Waals surface area (Å²) in [5, 5.41) is 16.7. The summed E-state index contributed by atoms with van der Waals surface area (Å²) in [6.07, 6.45) is 5.64. The SMILES string of the molecule is CN(c1nnccc1-c1[c]cn(C)n1)C1CC(C)(C)NC(C)(C)C1. The van der Waals surface area contributed by atoms with Crippen LogP contribution in [0, 0.1) is 6.07 Å². The molecule has 2 aromatic heterocycles. The minimum atomic E-state index is 0.0835. The quantitative estimate of drug-likeness (QED) is 0.938. The van der Waals surface area contributed by atoms with Gasteiger partial charge in [0.15, 0.2) is 5.82 Å². The molecular weight excluding hydrogens is 300 g/mol. The van der Waals surface area contributed by atoms with Gasteiger partial charge < -0.3 is 10.2 Å². The zero-order valence-corrected chi connectivity index (χ0v) is 15.5. The number of aryl methyl sites for hydroxylation is 1. The molecule has 3 heterocycles. The molecule has 24 heavy (non-hydrogen) atoms. The molecule has 0 aromatic carbocycles. The normalized spacial score (nSPS) is 20.1. The van der Waals surface area contributed by atoms with Crippen LogP contribution in [0.25, 0.3) is 11.3 Å². The van der Waals surface area contributed by atoms with Crippen molar-refractivity contribution in [3.05, 3.63) is 24.5 Å². The van der Waals surface area contributed by atoms with Crippen molar-refractivity contribution < 1.29 is 0 Å². The van der Waals surface area contributed by atoms with Crippen molar-refractivity contribution in [3.63, 3.8) is 0 Å². The lowest BCUT2D eigenvalue weighted by Crippen LogP contribution is -2.62. The van der Waals surface area contributed by atoms with E-state index in [1.54, 1.807) is 10.9 Å². The molecule has 0 saturated carbocycles. The fraction of sp³-hybridized carbons (Fsp3) is 0.611. The third-order valence-electron chi connectivity index (χ3n) is 4.65. The van der Waals surface area contributed by atoms with E-state index in [0.29, 0.717) is 6.04 Å². The van der Waals surface area contributed by atoms with Crippen molar-refractivity contribution in [1.29, 1.82) is 0 Å². The van der Waals surface area contributed by atoms with Crippen LogP contribution in [-0.2, 0) is 7.05 Å². The maximum absolute atomic E-state index is 4.48. The van der Waals surface area contributed by atoms with Gasteiger partial charge >= 0.3 is 0 Å². The molecule has 0 atom stereocenters. The second-order valence-electron chi connectivity index (χ2n) is 8.13. The lowest BCUT2D eigenvalue weighted by molar-refractivity contribution is 0.160. The summed E-state index contributed by atoms with van der Waals surface area (Å²) < 4.78 is 1.76. The van der Waals surface area contributed by atoms with Crippen LogP contribution in [0.15, 0.2) is 18.5 Å². The monoisotopic (exact) mass is 327 g/mol. The molecule has 3 rings (SSSR count). The van der Waals surface area contributed by atoms with E-state index in [1.807, 2.05) is 19.3 Å². The van der Waals surface area contributed by atoms with Crippen molar-refractivity contribution in [2.24, 2.45) is 7.05 Å². The second kappa shape index (κ2) is 5.84. The van der Waals surface area contributed by atoms with Crippen molar-refractivity contribution >= 4 is 5.82 Å². The van der Waals surface area contributed by atoms with Gasteiger partial charge in [0.25, 0.3) is 0 Å². The number of nitrogens with one attached hydrogen (secondary N) is 1. The average Bonchev–Trinajstić information content (AvgIpc) is 2.90. The van der Waals surface area contributed by atoms with E-state index in [0.717, 1.165) is 29.9 Å². The summed E-state index contributed by atoms with van der Waals surface area (Å²) in [7, 11) is 4.01. The molecule has 1 aliphatic heterocycles. The Morgan fingerprint density at radius 1 is 1.25 bits per heavy atom. The van der Waals surface area contributed by atoms with Gasteiger partial charge in [0.05, 0.1) is 6.20 Å². The summed E-state index contributed by atoms with van der Waals surface area (Å²) in [5.41, 5.74) is 1.95. The standard InChI is InChI=1S/C18H27N6/c1-17(2)11-13(12-18(3,4)22-17)24(6)16-14(7-9-19-20-16)15-8-10-23(5)21-15/h7,9-10,13,22H,11-12H2,1-6H3. The van der Waals surface area contributed by atoms with Crippen molar-refractivity contribution in [3.8, 4) is 11.3 Å². The molecule has 1 radical (unpaired) electrons. The van der Waals surface area contributed by atoms with Gasteiger partial charge in [0.1, 0.15) is 5.69 Å². The summed E-state index contributed by atoms with van der Waals surface area (Å²) in [6, 6.07) is 5.55. The lowest BCUT2D eigenvalue weighted by atomic mass is 9.79. The molecule has 0 bridgehead atoms. The summed E-state index contributed by atoms with van der Waals surface area (Å²) in [4.78, 5) is 2.26. The first kappa shape index (κ1) is 16.9. The van der Waals surface area contributed by atoms with E-state index in [1.165, 1.54) is 0 Å². The Kier molecular flexibility index (Phi) is 4.11. The van der Waals surface area contributed by atoms with E-state index in [4.69, 9.17) is 0 Å². The minimum Gasteiger partial charge on any atom is -0.355 e. The molecule has 1 fully saturated rings. The molecular formula is C18H27N6. The number of hydrogen-bond donors (Lipinski definition) is 1. The smallest absolute Gasteiger partial charge is 0.160 e. The first-order valence-electron chi connectivity index (χ1n) is 8.42. The molecule has 0 spiro atoms. The fourth-order valence-corrected chi connectivity index (χ4v) is 3.99. The first-order valence-corrected chi connectivity index (χ1v) is 8.42. The zero-order chi connectivity index (χ0) is 17.5. The Morgan fingerprint density at radius 2 is 1.92 bits per heavy atom. The Labute approximate surface area is 144 Å². The van der Waals surface area contributed by atoms with Crippen molar-refractivity contribution in [2.45, 2.75) is 57.7 Å². The van der Waals surface area contributed by atoms with Gasteiger partial charge in [-0.05, 0) is 46.6 Å². The molecule has 1 N–H and O–H groups in total. The molecule has 1 aliphatic rings. The molecule has 2 aromatic rings.